The number of carbonyl (C=O) groups excluding carboxylic acids is 1. The fourth-order valence-corrected chi connectivity index (χ4v) is 2.96. The van der Waals surface area contributed by atoms with E-state index in [4.69, 9.17) is 0 Å². The monoisotopic (exact) mass is 351 g/mol. The number of carbonyl (C=O) groups is 1. The van der Waals surface area contributed by atoms with Crippen LogP contribution in [-0.2, 0) is 0 Å². The summed E-state index contributed by atoms with van der Waals surface area (Å²) in [4.78, 5) is 23.0. The van der Waals surface area contributed by atoms with Crippen LogP contribution in [0.15, 0.2) is 57.9 Å². The first-order chi connectivity index (χ1) is 9.56. The van der Waals surface area contributed by atoms with Crippen LogP contribution in [0, 0.1) is 10.1 Å². The van der Waals surface area contributed by atoms with Gasteiger partial charge in [-0.15, -0.1) is 11.8 Å². The van der Waals surface area contributed by atoms with Gasteiger partial charge in [-0.05, 0) is 30.3 Å². The Morgan fingerprint density at radius 1 is 1.20 bits per heavy atom. The fraction of sp³-hybridized carbons (Fsp3) is 0.0714. The van der Waals surface area contributed by atoms with Gasteiger partial charge in [0.1, 0.15) is 0 Å². The van der Waals surface area contributed by atoms with Crippen molar-refractivity contribution in [1.82, 2.24) is 0 Å². The summed E-state index contributed by atoms with van der Waals surface area (Å²) < 4.78 is 0.963. The van der Waals surface area contributed by atoms with E-state index in [0.29, 0.717) is 11.3 Å². The van der Waals surface area contributed by atoms with Crippen LogP contribution in [0.1, 0.15) is 10.4 Å². The third kappa shape index (κ3) is 3.91. The summed E-state index contributed by atoms with van der Waals surface area (Å²) >= 11 is 4.81. The number of nitro groups is 1. The first-order valence-corrected chi connectivity index (χ1v) is 7.50. The van der Waals surface area contributed by atoms with Crippen molar-refractivity contribution in [2.24, 2.45) is 0 Å². The molecule has 6 heteroatoms. The normalized spacial score (nSPS) is 10.2. The zero-order valence-electron chi connectivity index (χ0n) is 10.3. The molecule has 0 aliphatic carbocycles. The molecule has 0 aliphatic heterocycles. The third-order valence-corrected chi connectivity index (χ3v) is 4.05. The molecule has 2 aromatic rings. The maximum atomic E-state index is 12.0. The first kappa shape index (κ1) is 14.7. The van der Waals surface area contributed by atoms with Crippen molar-refractivity contribution in [3.63, 3.8) is 0 Å². The number of thioether (sulfide) groups is 1. The average molecular weight is 352 g/mol. The number of nitrogens with zero attached hydrogens (tertiary/aromatic N) is 1. The molecule has 2 rings (SSSR count). The smallest absolute Gasteiger partial charge is 0.269 e. The van der Waals surface area contributed by atoms with E-state index in [9.17, 15) is 14.9 Å². The van der Waals surface area contributed by atoms with E-state index in [1.54, 1.807) is 0 Å². The van der Waals surface area contributed by atoms with E-state index in [1.807, 2.05) is 24.3 Å². The molecule has 0 heterocycles. The van der Waals surface area contributed by atoms with Crippen LogP contribution in [-0.4, -0.2) is 16.5 Å². The number of Topliss-reactive ketones (excluding diaryl/α,β-unsaturated/α-hetero) is 1. The molecule has 0 atom stereocenters. The second-order valence-electron chi connectivity index (χ2n) is 3.97. The van der Waals surface area contributed by atoms with Crippen molar-refractivity contribution in [2.75, 3.05) is 5.75 Å². The summed E-state index contributed by atoms with van der Waals surface area (Å²) in [5, 5.41) is 10.5. The predicted octanol–water partition coefficient (Wildman–Crippen LogP) is 4.33. The summed E-state index contributed by atoms with van der Waals surface area (Å²) in [7, 11) is 0. The minimum Gasteiger partial charge on any atom is -0.293 e. The summed E-state index contributed by atoms with van der Waals surface area (Å²) in [6.45, 7) is 0. The number of nitro benzene ring substituents is 1. The van der Waals surface area contributed by atoms with E-state index >= 15 is 0 Å². The topological polar surface area (TPSA) is 60.2 Å². The number of ketones is 1. The molecule has 0 aromatic heterocycles. The standard InChI is InChI=1S/C14H10BrNO3S/c15-11-2-1-3-13(8-11)20-9-14(17)10-4-6-12(7-5-10)16(18)19/h1-8H,9H2. The summed E-state index contributed by atoms with van der Waals surface area (Å²) in [6, 6.07) is 13.4. The quantitative estimate of drug-likeness (QED) is 0.348. The molecule has 2 aromatic carbocycles. The van der Waals surface area contributed by atoms with Gasteiger partial charge in [-0.1, -0.05) is 22.0 Å². The zero-order valence-corrected chi connectivity index (χ0v) is 12.7. The summed E-state index contributed by atoms with van der Waals surface area (Å²) in [5.74, 6) is 0.249. The lowest BCUT2D eigenvalue weighted by Crippen LogP contribution is -2.02. The number of benzene rings is 2. The highest BCUT2D eigenvalue weighted by molar-refractivity contribution is 9.10. The minimum absolute atomic E-state index is 0.0128. The van der Waals surface area contributed by atoms with E-state index in [1.165, 1.54) is 36.0 Å². The van der Waals surface area contributed by atoms with Gasteiger partial charge in [-0.25, -0.2) is 0 Å². The van der Waals surface area contributed by atoms with Crippen LogP contribution in [0.2, 0.25) is 0 Å². The van der Waals surface area contributed by atoms with Gasteiger partial charge in [-0.2, -0.15) is 0 Å². The number of hydrogen-bond acceptors (Lipinski definition) is 4. The summed E-state index contributed by atoms with van der Waals surface area (Å²) in [5.41, 5.74) is 0.472. The van der Waals surface area contributed by atoms with Crippen molar-refractivity contribution in [3.05, 3.63) is 68.7 Å². The van der Waals surface area contributed by atoms with Crippen LogP contribution in [0.5, 0.6) is 0 Å². The molecule has 0 unspecified atom stereocenters. The second kappa shape index (κ2) is 6.67. The molecule has 0 N–H and O–H groups in total. The Morgan fingerprint density at radius 3 is 2.50 bits per heavy atom. The zero-order chi connectivity index (χ0) is 14.5. The van der Waals surface area contributed by atoms with Gasteiger partial charge in [0.25, 0.3) is 5.69 Å². The van der Waals surface area contributed by atoms with Gasteiger partial charge in [0, 0.05) is 27.1 Å². The van der Waals surface area contributed by atoms with Gasteiger partial charge < -0.3 is 0 Å². The first-order valence-electron chi connectivity index (χ1n) is 5.72. The third-order valence-electron chi connectivity index (χ3n) is 2.57. The molecule has 0 fully saturated rings. The van der Waals surface area contributed by atoms with Gasteiger partial charge in [0.05, 0.1) is 10.7 Å². The van der Waals surface area contributed by atoms with Crippen molar-refractivity contribution in [1.29, 1.82) is 0 Å². The van der Waals surface area contributed by atoms with E-state index in [0.717, 1.165) is 9.37 Å². The van der Waals surface area contributed by atoms with Crippen LogP contribution < -0.4 is 0 Å². The van der Waals surface area contributed by atoms with Gasteiger partial charge in [0.15, 0.2) is 5.78 Å². The molecule has 20 heavy (non-hydrogen) atoms. The Bertz CT molecular complexity index is 643. The van der Waals surface area contributed by atoms with E-state index < -0.39 is 4.92 Å². The van der Waals surface area contributed by atoms with Crippen LogP contribution in [0.25, 0.3) is 0 Å². The van der Waals surface area contributed by atoms with Gasteiger partial charge >= 0.3 is 0 Å². The fourth-order valence-electron chi connectivity index (χ4n) is 1.56. The molecule has 102 valence electrons. The van der Waals surface area contributed by atoms with Crippen molar-refractivity contribution < 1.29 is 9.72 Å². The van der Waals surface area contributed by atoms with Crippen LogP contribution in [0.4, 0.5) is 5.69 Å². The molecular formula is C14H10BrNO3S. The molecular weight excluding hydrogens is 342 g/mol. The average Bonchev–Trinajstić information content (AvgIpc) is 2.45. The molecule has 0 saturated carbocycles. The Hall–Kier alpha value is -1.66. The van der Waals surface area contributed by atoms with Crippen LogP contribution >= 0.6 is 27.7 Å². The van der Waals surface area contributed by atoms with Gasteiger partial charge in [-0.3, -0.25) is 14.9 Å². The Labute approximate surface area is 128 Å². The lowest BCUT2D eigenvalue weighted by Gasteiger charge is -2.02. The second-order valence-corrected chi connectivity index (χ2v) is 5.94. The van der Waals surface area contributed by atoms with Crippen molar-refractivity contribution in [3.8, 4) is 0 Å². The molecule has 0 bridgehead atoms. The Balaban J connectivity index is 1.99. The maximum Gasteiger partial charge on any atom is 0.269 e. The molecule has 4 nitrogen and oxygen atoms in total. The van der Waals surface area contributed by atoms with E-state index in [-0.39, 0.29) is 11.5 Å². The molecule has 0 aliphatic rings. The Morgan fingerprint density at radius 2 is 1.90 bits per heavy atom. The molecule has 0 saturated heterocycles. The molecule has 0 amide bonds. The lowest BCUT2D eigenvalue weighted by atomic mass is 10.1. The molecule has 0 radical (unpaired) electrons. The highest BCUT2D eigenvalue weighted by Gasteiger charge is 2.10. The van der Waals surface area contributed by atoms with E-state index in [2.05, 4.69) is 15.9 Å². The molecule has 0 spiro atoms. The lowest BCUT2D eigenvalue weighted by molar-refractivity contribution is -0.384. The SMILES string of the molecule is O=C(CSc1cccc(Br)c1)c1ccc([N+](=O)[O-])cc1. The highest BCUT2D eigenvalue weighted by atomic mass is 79.9. The number of halogens is 1. The highest BCUT2D eigenvalue weighted by Crippen LogP contribution is 2.23. The largest absolute Gasteiger partial charge is 0.293 e. The minimum atomic E-state index is -0.482. The predicted molar refractivity (Wildman–Crippen MR) is 82.3 cm³/mol. The van der Waals surface area contributed by atoms with Crippen molar-refractivity contribution >= 4 is 39.2 Å². The van der Waals surface area contributed by atoms with Gasteiger partial charge in [0.2, 0.25) is 0 Å². The summed E-state index contributed by atoms with van der Waals surface area (Å²) in [6.07, 6.45) is 0. The van der Waals surface area contributed by atoms with Crippen molar-refractivity contribution in [2.45, 2.75) is 4.90 Å². The number of rotatable bonds is 5. The maximum absolute atomic E-state index is 12.0. The Kier molecular flexibility index (Phi) is 4.92. The number of hydrogen-bond donors (Lipinski definition) is 0. The number of non-ortho nitro benzene ring substituents is 1. The van der Waals surface area contributed by atoms with Crippen LogP contribution in [0.3, 0.4) is 0 Å².